The summed E-state index contributed by atoms with van der Waals surface area (Å²) in [6.07, 6.45) is 0.506. The van der Waals surface area contributed by atoms with E-state index in [1.807, 2.05) is 30.9 Å². The Morgan fingerprint density at radius 1 is 1.42 bits per heavy atom. The second kappa shape index (κ2) is 7.98. The van der Waals surface area contributed by atoms with Crippen LogP contribution in [0.1, 0.15) is 24.5 Å². The van der Waals surface area contributed by atoms with Crippen molar-refractivity contribution in [3.8, 4) is 5.75 Å². The van der Waals surface area contributed by atoms with E-state index in [-0.39, 0.29) is 30.0 Å². The van der Waals surface area contributed by atoms with Gasteiger partial charge in [0.15, 0.2) is 9.84 Å². The van der Waals surface area contributed by atoms with E-state index in [0.29, 0.717) is 19.5 Å². The van der Waals surface area contributed by atoms with Crippen LogP contribution < -0.4 is 10.1 Å². The van der Waals surface area contributed by atoms with E-state index in [0.717, 1.165) is 16.9 Å². The quantitative estimate of drug-likeness (QED) is 0.794. The first-order valence-electron chi connectivity index (χ1n) is 8.18. The molecule has 0 saturated carbocycles. The molecule has 1 amide bonds. The second-order valence-corrected chi connectivity index (χ2v) is 8.51. The van der Waals surface area contributed by atoms with E-state index in [9.17, 15) is 13.2 Å². The molecule has 1 fully saturated rings. The Hall–Kier alpha value is -1.60. The highest BCUT2D eigenvalue weighted by molar-refractivity contribution is 7.91. The fourth-order valence-electron chi connectivity index (χ4n) is 2.94. The average Bonchev–Trinajstić information content (AvgIpc) is 2.85. The van der Waals surface area contributed by atoms with Crippen molar-refractivity contribution in [3.63, 3.8) is 0 Å². The summed E-state index contributed by atoms with van der Waals surface area (Å²) in [6.45, 7) is 5.58. The predicted molar refractivity (Wildman–Crippen MR) is 93.9 cm³/mol. The van der Waals surface area contributed by atoms with Gasteiger partial charge in [0.2, 0.25) is 5.91 Å². The Kier molecular flexibility index (Phi) is 6.23. The van der Waals surface area contributed by atoms with Crippen LogP contribution in [-0.4, -0.2) is 57.0 Å². The number of nitrogens with zero attached hydrogens (tertiary/aromatic N) is 1. The van der Waals surface area contributed by atoms with E-state index >= 15 is 0 Å². The third-order valence-electron chi connectivity index (χ3n) is 4.24. The van der Waals surface area contributed by atoms with Crippen molar-refractivity contribution < 1.29 is 17.9 Å². The van der Waals surface area contributed by atoms with Gasteiger partial charge in [0.1, 0.15) is 5.75 Å². The first kappa shape index (κ1) is 18.7. The number of hydrogen-bond acceptors (Lipinski definition) is 5. The molecular weight excluding hydrogens is 328 g/mol. The third kappa shape index (κ3) is 5.21. The van der Waals surface area contributed by atoms with Gasteiger partial charge in [0, 0.05) is 18.2 Å². The van der Waals surface area contributed by atoms with Crippen LogP contribution in [0, 0.1) is 6.92 Å². The number of carbonyl (C=O) groups excluding carboxylic acids is 1. The lowest BCUT2D eigenvalue weighted by Gasteiger charge is -2.22. The van der Waals surface area contributed by atoms with E-state index in [1.165, 1.54) is 0 Å². The number of ether oxygens (including phenoxy) is 1. The van der Waals surface area contributed by atoms with Gasteiger partial charge in [-0.25, -0.2) is 8.42 Å². The molecule has 0 bridgehead atoms. The van der Waals surface area contributed by atoms with Crippen molar-refractivity contribution in [2.24, 2.45) is 0 Å². The zero-order valence-electron chi connectivity index (χ0n) is 14.5. The SMILES string of the molecule is CCN(CC(=O)N[C@H]1CCS(=O)(=O)C1)Cc1cc(C)ccc1OC. The molecule has 1 aliphatic rings. The maximum absolute atomic E-state index is 12.2. The Bertz CT molecular complexity index is 688. The molecule has 1 atom stereocenters. The number of carbonyl (C=O) groups is 1. The molecule has 0 unspecified atom stereocenters. The van der Waals surface area contributed by atoms with Crippen LogP contribution in [-0.2, 0) is 21.2 Å². The maximum atomic E-state index is 12.2. The van der Waals surface area contributed by atoms with Crippen molar-refractivity contribution in [2.45, 2.75) is 32.9 Å². The maximum Gasteiger partial charge on any atom is 0.234 e. The highest BCUT2D eigenvalue weighted by Crippen LogP contribution is 2.21. The molecule has 0 radical (unpaired) electrons. The van der Waals surface area contributed by atoms with Crippen molar-refractivity contribution in [2.75, 3.05) is 31.7 Å². The smallest absolute Gasteiger partial charge is 0.234 e. The van der Waals surface area contributed by atoms with E-state index in [2.05, 4.69) is 11.4 Å². The number of methoxy groups -OCH3 is 1. The molecule has 7 heteroatoms. The molecule has 0 aliphatic carbocycles. The number of sulfone groups is 1. The molecule has 134 valence electrons. The van der Waals surface area contributed by atoms with Gasteiger partial charge in [0.25, 0.3) is 0 Å². The van der Waals surface area contributed by atoms with E-state index in [4.69, 9.17) is 4.74 Å². The molecule has 1 aliphatic heterocycles. The molecule has 1 saturated heterocycles. The number of nitrogens with one attached hydrogen (secondary N) is 1. The summed E-state index contributed by atoms with van der Waals surface area (Å²) in [5.41, 5.74) is 2.18. The van der Waals surface area contributed by atoms with Gasteiger partial charge in [-0.2, -0.15) is 0 Å². The molecule has 1 aromatic rings. The van der Waals surface area contributed by atoms with Gasteiger partial charge >= 0.3 is 0 Å². The van der Waals surface area contributed by atoms with Crippen molar-refractivity contribution in [1.82, 2.24) is 10.2 Å². The van der Waals surface area contributed by atoms with Crippen LogP contribution >= 0.6 is 0 Å². The highest BCUT2D eigenvalue weighted by atomic mass is 32.2. The number of hydrogen-bond donors (Lipinski definition) is 1. The minimum Gasteiger partial charge on any atom is -0.496 e. The van der Waals surface area contributed by atoms with Gasteiger partial charge < -0.3 is 10.1 Å². The first-order valence-corrected chi connectivity index (χ1v) is 10.0. The van der Waals surface area contributed by atoms with Crippen LogP contribution in [0.5, 0.6) is 5.75 Å². The summed E-state index contributed by atoms with van der Waals surface area (Å²) in [5, 5.41) is 2.83. The minimum atomic E-state index is -2.98. The lowest BCUT2D eigenvalue weighted by molar-refractivity contribution is -0.122. The Morgan fingerprint density at radius 2 is 2.17 bits per heavy atom. The first-order chi connectivity index (χ1) is 11.3. The van der Waals surface area contributed by atoms with Crippen molar-refractivity contribution in [3.05, 3.63) is 29.3 Å². The number of benzene rings is 1. The Labute approximate surface area is 144 Å². The number of likely N-dealkylation sites (N-methyl/N-ethyl adjacent to an activating group) is 1. The lowest BCUT2D eigenvalue weighted by atomic mass is 10.1. The largest absolute Gasteiger partial charge is 0.496 e. The fraction of sp³-hybridized carbons (Fsp3) is 0.588. The summed E-state index contributed by atoms with van der Waals surface area (Å²) in [6, 6.07) is 5.73. The summed E-state index contributed by atoms with van der Waals surface area (Å²) >= 11 is 0. The third-order valence-corrected chi connectivity index (χ3v) is 6.01. The van der Waals surface area contributed by atoms with Crippen LogP contribution in [0.2, 0.25) is 0 Å². The number of aryl methyl sites for hydroxylation is 1. The minimum absolute atomic E-state index is 0.0522. The molecule has 1 heterocycles. The van der Waals surface area contributed by atoms with Gasteiger partial charge in [-0.3, -0.25) is 9.69 Å². The molecule has 24 heavy (non-hydrogen) atoms. The summed E-state index contributed by atoms with van der Waals surface area (Å²) in [4.78, 5) is 14.2. The molecular formula is C17H26N2O4S. The van der Waals surface area contributed by atoms with Crippen LogP contribution in [0.3, 0.4) is 0 Å². The molecule has 0 aromatic heterocycles. The number of rotatable bonds is 7. The summed E-state index contributed by atoms with van der Waals surface area (Å²) in [7, 11) is -1.35. The van der Waals surface area contributed by atoms with Gasteiger partial charge in [-0.15, -0.1) is 0 Å². The normalized spacial score (nSPS) is 19.4. The fourth-order valence-corrected chi connectivity index (χ4v) is 4.61. The molecule has 0 spiro atoms. The van der Waals surface area contributed by atoms with Crippen molar-refractivity contribution in [1.29, 1.82) is 0 Å². The zero-order valence-corrected chi connectivity index (χ0v) is 15.4. The zero-order chi connectivity index (χ0) is 17.7. The van der Waals surface area contributed by atoms with E-state index in [1.54, 1.807) is 7.11 Å². The van der Waals surface area contributed by atoms with Crippen molar-refractivity contribution >= 4 is 15.7 Å². The monoisotopic (exact) mass is 354 g/mol. The molecule has 6 nitrogen and oxygen atoms in total. The Balaban J connectivity index is 1.94. The Morgan fingerprint density at radius 3 is 2.75 bits per heavy atom. The average molecular weight is 354 g/mol. The highest BCUT2D eigenvalue weighted by Gasteiger charge is 2.29. The van der Waals surface area contributed by atoms with Gasteiger partial charge in [0.05, 0.1) is 25.2 Å². The van der Waals surface area contributed by atoms with E-state index < -0.39 is 9.84 Å². The van der Waals surface area contributed by atoms with Crippen LogP contribution in [0.15, 0.2) is 18.2 Å². The summed E-state index contributed by atoms with van der Waals surface area (Å²) in [5.74, 6) is 0.888. The van der Waals surface area contributed by atoms with Gasteiger partial charge in [-0.05, 0) is 26.0 Å². The topological polar surface area (TPSA) is 75.7 Å². The number of amides is 1. The standard InChI is InChI=1S/C17H26N2O4S/c1-4-19(10-14-9-13(2)5-6-16(14)23-3)11-17(20)18-15-7-8-24(21,22)12-15/h5-6,9,15H,4,7-8,10-12H2,1-3H3,(H,18,20)/t15-/m0/s1. The van der Waals surface area contributed by atoms with Crippen LogP contribution in [0.4, 0.5) is 0 Å². The molecule has 1 aromatic carbocycles. The molecule has 2 rings (SSSR count). The van der Waals surface area contributed by atoms with Crippen LogP contribution in [0.25, 0.3) is 0 Å². The predicted octanol–water partition coefficient (Wildman–Crippen LogP) is 1.13. The summed E-state index contributed by atoms with van der Waals surface area (Å²) < 4.78 is 28.3. The molecule has 1 N–H and O–H groups in total. The second-order valence-electron chi connectivity index (χ2n) is 6.29. The van der Waals surface area contributed by atoms with Gasteiger partial charge in [-0.1, -0.05) is 24.6 Å². The lowest BCUT2D eigenvalue weighted by Crippen LogP contribution is -2.42.